The lowest BCUT2D eigenvalue weighted by Gasteiger charge is -2.29. The summed E-state index contributed by atoms with van der Waals surface area (Å²) in [5.41, 5.74) is 0. The van der Waals surface area contributed by atoms with Crippen molar-refractivity contribution in [3.63, 3.8) is 0 Å². The van der Waals surface area contributed by atoms with E-state index in [9.17, 15) is 0 Å². The maximum Gasteiger partial charge on any atom is 0.196 e. The van der Waals surface area contributed by atoms with Crippen molar-refractivity contribution in [3.05, 3.63) is 24.0 Å². The third kappa shape index (κ3) is 1.31. The van der Waals surface area contributed by atoms with Crippen LogP contribution in [0.5, 0.6) is 0 Å². The first-order chi connectivity index (χ1) is 5.36. The number of hydrogen-bond acceptors (Lipinski definition) is 2. The number of hydrogen-bond donors (Lipinski definition) is 1. The van der Waals surface area contributed by atoms with E-state index in [0.29, 0.717) is 5.92 Å². The fourth-order valence-electron chi connectivity index (χ4n) is 1.61. The summed E-state index contributed by atoms with van der Waals surface area (Å²) in [6.07, 6.45) is 8.42. The fourth-order valence-corrected chi connectivity index (χ4v) is 1.61. The maximum atomic E-state index is 9.16. The van der Waals surface area contributed by atoms with Crippen molar-refractivity contribution in [2.75, 3.05) is 0 Å². The number of aliphatic hydroxyl groups is 1. The zero-order valence-electron chi connectivity index (χ0n) is 6.36. The average Bonchev–Trinajstić information content (AvgIpc) is 2.04. The van der Waals surface area contributed by atoms with Gasteiger partial charge in [-0.1, -0.05) is 12.2 Å². The van der Waals surface area contributed by atoms with E-state index in [4.69, 9.17) is 9.84 Å². The van der Waals surface area contributed by atoms with E-state index >= 15 is 0 Å². The average molecular weight is 152 g/mol. The second-order valence-corrected chi connectivity index (χ2v) is 3.08. The van der Waals surface area contributed by atoms with Gasteiger partial charge in [-0.3, -0.25) is 0 Å². The third-order valence-electron chi connectivity index (χ3n) is 2.25. The van der Waals surface area contributed by atoms with Crippen molar-refractivity contribution in [2.24, 2.45) is 5.92 Å². The molecule has 2 atom stereocenters. The molecule has 60 valence electrons. The SMILES string of the molecule is OC1CCC2CC=CC=C2O1. The zero-order valence-corrected chi connectivity index (χ0v) is 6.36. The minimum Gasteiger partial charge on any atom is -0.469 e. The van der Waals surface area contributed by atoms with Crippen LogP contribution in [0.2, 0.25) is 0 Å². The molecule has 1 saturated heterocycles. The monoisotopic (exact) mass is 152 g/mol. The van der Waals surface area contributed by atoms with Crippen LogP contribution in [0.3, 0.4) is 0 Å². The lowest BCUT2D eigenvalue weighted by Crippen LogP contribution is -2.24. The Kier molecular flexibility index (Phi) is 1.70. The largest absolute Gasteiger partial charge is 0.469 e. The smallest absolute Gasteiger partial charge is 0.196 e. The molecule has 0 spiro atoms. The summed E-state index contributed by atoms with van der Waals surface area (Å²) in [7, 11) is 0. The van der Waals surface area contributed by atoms with Crippen molar-refractivity contribution in [2.45, 2.75) is 25.6 Å². The standard InChI is InChI=1S/C9H12O2/c10-9-6-5-7-3-1-2-4-8(7)11-9/h1-2,4,7,9-10H,3,5-6H2. The highest BCUT2D eigenvalue weighted by molar-refractivity contribution is 5.17. The zero-order chi connectivity index (χ0) is 7.68. The van der Waals surface area contributed by atoms with Gasteiger partial charge in [-0.2, -0.15) is 0 Å². The van der Waals surface area contributed by atoms with Gasteiger partial charge in [0, 0.05) is 12.3 Å². The summed E-state index contributed by atoms with van der Waals surface area (Å²) in [5, 5.41) is 9.16. The quantitative estimate of drug-likeness (QED) is 0.571. The Labute approximate surface area is 66.2 Å². The Morgan fingerprint density at radius 3 is 3.27 bits per heavy atom. The number of ether oxygens (including phenoxy) is 1. The van der Waals surface area contributed by atoms with Gasteiger partial charge in [0.2, 0.25) is 0 Å². The molecule has 1 aliphatic carbocycles. The molecule has 1 heterocycles. The Hall–Kier alpha value is -0.760. The molecule has 2 unspecified atom stereocenters. The number of fused-ring (bicyclic) bond motifs is 1. The van der Waals surface area contributed by atoms with Crippen LogP contribution in [0.15, 0.2) is 24.0 Å². The predicted octanol–water partition coefficient (Wildman–Crippen LogP) is 1.58. The van der Waals surface area contributed by atoms with E-state index in [0.717, 1.165) is 25.0 Å². The number of allylic oxidation sites excluding steroid dienone is 4. The van der Waals surface area contributed by atoms with Gasteiger partial charge in [0.1, 0.15) is 5.76 Å². The molecule has 1 fully saturated rings. The molecule has 11 heavy (non-hydrogen) atoms. The van der Waals surface area contributed by atoms with E-state index in [1.807, 2.05) is 12.2 Å². The van der Waals surface area contributed by atoms with Crippen molar-refractivity contribution in [1.29, 1.82) is 0 Å². The molecule has 0 amide bonds. The predicted molar refractivity (Wildman–Crippen MR) is 41.7 cm³/mol. The van der Waals surface area contributed by atoms with Crippen LogP contribution in [0.25, 0.3) is 0 Å². The maximum absolute atomic E-state index is 9.16. The molecule has 0 saturated carbocycles. The van der Waals surface area contributed by atoms with Crippen LogP contribution in [-0.4, -0.2) is 11.4 Å². The van der Waals surface area contributed by atoms with E-state index in [2.05, 4.69) is 6.08 Å². The first kappa shape index (κ1) is 6.92. The molecule has 0 aromatic carbocycles. The van der Waals surface area contributed by atoms with Gasteiger partial charge in [-0.15, -0.1) is 0 Å². The summed E-state index contributed by atoms with van der Waals surface area (Å²) in [5.74, 6) is 1.50. The summed E-state index contributed by atoms with van der Waals surface area (Å²) in [4.78, 5) is 0. The highest BCUT2D eigenvalue weighted by atomic mass is 16.6. The minimum atomic E-state index is -0.566. The summed E-state index contributed by atoms with van der Waals surface area (Å²) in [6.45, 7) is 0. The van der Waals surface area contributed by atoms with Gasteiger partial charge < -0.3 is 9.84 Å². The lowest BCUT2D eigenvalue weighted by molar-refractivity contribution is -0.102. The molecule has 0 aromatic rings. The fraction of sp³-hybridized carbons (Fsp3) is 0.556. The molecule has 2 heteroatoms. The molecule has 2 aliphatic rings. The second kappa shape index (κ2) is 2.70. The van der Waals surface area contributed by atoms with Gasteiger partial charge in [0.15, 0.2) is 6.29 Å². The highest BCUT2D eigenvalue weighted by Gasteiger charge is 2.25. The Bertz CT molecular complexity index is 206. The topological polar surface area (TPSA) is 29.5 Å². The van der Waals surface area contributed by atoms with Crippen molar-refractivity contribution < 1.29 is 9.84 Å². The van der Waals surface area contributed by atoms with Crippen LogP contribution < -0.4 is 0 Å². The van der Waals surface area contributed by atoms with Gasteiger partial charge in [0.25, 0.3) is 0 Å². The van der Waals surface area contributed by atoms with Crippen LogP contribution >= 0.6 is 0 Å². The first-order valence-electron chi connectivity index (χ1n) is 4.08. The van der Waals surface area contributed by atoms with Gasteiger partial charge >= 0.3 is 0 Å². The van der Waals surface area contributed by atoms with Crippen LogP contribution in [0.1, 0.15) is 19.3 Å². The van der Waals surface area contributed by atoms with Gasteiger partial charge in [-0.05, 0) is 18.9 Å². The Morgan fingerprint density at radius 2 is 2.36 bits per heavy atom. The summed E-state index contributed by atoms with van der Waals surface area (Å²) < 4.78 is 5.26. The summed E-state index contributed by atoms with van der Waals surface area (Å²) in [6, 6.07) is 0. The van der Waals surface area contributed by atoms with Crippen molar-refractivity contribution >= 4 is 0 Å². The van der Waals surface area contributed by atoms with E-state index in [-0.39, 0.29) is 0 Å². The Balaban J connectivity index is 2.12. The minimum absolute atomic E-state index is 0.531. The molecule has 0 radical (unpaired) electrons. The number of rotatable bonds is 0. The van der Waals surface area contributed by atoms with Crippen LogP contribution in [0, 0.1) is 5.92 Å². The molecular weight excluding hydrogens is 140 g/mol. The van der Waals surface area contributed by atoms with Gasteiger partial charge in [0.05, 0.1) is 0 Å². The summed E-state index contributed by atoms with van der Waals surface area (Å²) >= 11 is 0. The van der Waals surface area contributed by atoms with Gasteiger partial charge in [-0.25, -0.2) is 0 Å². The second-order valence-electron chi connectivity index (χ2n) is 3.08. The lowest BCUT2D eigenvalue weighted by atomic mass is 9.91. The molecule has 1 aliphatic heterocycles. The number of aliphatic hydroxyl groups excluding tert-OH is 1. The normalized spacial score (nSPS) is 35.5. The molecule has 2 nitrogen and oxygen atoms in total. The van der Waals surface area contributed by atoms with Crippen LogP contribution in [-0.2, 0) is 4.74 Å². The molecule has 0 aromatic heterocycles. The van der Waals surface area contributed by atoms with E-state index in [1.54, 1.807) is 0 Å². The van der Waals surface area contributed by atoms with Crippen molar-refractivity contribution in [1.82, 2.24) is 0 Å². The molecule has 2 rings (SSSR count). The molecular formula is C9H12O2. The Morgan fingerprint density at radius 1 is 1.45 bits per heavy atom. The van der Waals surface area contributed by atoms with Crippen molar-refractivity contribution in [3.8, 4) is 0 Å². The first-order valence-corrected chi connectivity index (χ1v) is 4.08. The van der Waals surface area contributed by atoms with E-state index < -0.39 is 6.29 Å². The third-order valence-corrected chi connectivity index (χ3v) is 2.25. The molecule has 0 bridgehead atoms. The van der Waals surface area contributed by atoms with Crippen LogP contribution in [0.4, 0.5) is 0 Å². The molecule has 1 N–H and O–H groups in total. The highest BCUT2D eigenvalue weighted by Crippen LogP contribution is 2.31. The van der Waals surface area contributed by atoms with E-state index in [1.165, 1.54) is 0 Å².